The van der Waals surface area contributed by atoms with E-state index in [1.54, 1.807) is 60.7 Å². The number of nitrogens with zero attached hydrogens (tertiary/aromatic N) is 8. The monoisotopic (exact) mass is 890 g/mol. The Labute approximate surface area is 357 Å². The molecule has 0 radical (unpaired) electrons. The van der Waals surface area contributed by atoms with Gasteiger partial charge in [0.25, 0.3) is 0 Å². The van der Waals surface area contributed by atoms with Crippen molar-refractivity contribution < 1.29 is 48.5 Å². The topological polar surface area (TPSA) is 306 Å². The minimum absolute atomic E-state index is 0.0456. The van der Waals surface area contributed by atoms with Crippen molar-refractivity contribution in [2.24, 2.45) is 0 Å². The number of rotatable bonds is 20. The Morgan fingerprint density at radius 1 is 0.619 bits per heavy atom. The van der Waals surface area contributed by atoms with E-state index in [-0.39, 0.29) is 31.4 Å². The van der Waals surface area contributed by atoms with Crippen LogP contribution in [-0.4, -0.2) is 110 Å². The Balaban J connectivity index is 1.16. The lowest BCUT2D eigenvalue weighted by molar-refractivity contribution is -0.144. The van der Waals surface area contributed by atoms with Crippen LogP contribution in [0.3, 0.4) is 0 Å². The first kappa shape index (κ1) is 45.9. The Morgan fingerprint density at radius 3 is 1.46 bits per heavy atom. The number of aliphatic carboxylic acids is 2. The summed E-state index contributed by atoms with van der Waals surface area (Å²) in [6.45, 7) is -4.90. The van der Waals surface area contributed by atoms with Crippen LogP contribution in [0.2, 0.25) is 0 Å². The molecule has 2 aromatic carbocycles. The van der Waals surface area contributed by atoms with E-state index in [0.29, 0.717) is 16.1 Å². The zero-order valence-corrected chi connectivity index (χ0v) is 33.7. The fraction of sp³-hybridized carbons (Fsp3) is 0.263. The fourth-order valence-corrected chi connectivity index (χ4v) is 6.33. The van der Waals surface area contributed by atoms with Gasteiger partial charge in [-0.25, -0.2) is 32.5 Å². The Hall–Kier alpha value is -8.22. The van der Waals surface area contributed by atoms with E-state index in [2.05, 4.69) is 20.6 Å². The second-order valence-electron chi connectivity index (χ2n) is 13.1. The van der Waals surface area contributed by atoms with Gasteiger partial charge in [0, 0.05) is 43.6 Å². The highest BCUT2D eigenvalue weighted by atomic mass is 32.1. The zero-order valence-electron chi connectivity index (χ0n) is 32.9. The predicted octanol–water partition coefficient (Wildman–Crippen LogP) is -0.0909. The van der Waals surface area contributed by atoms with Crippen molar-refractivity contribution in [3.63, 3.8) is 0 Å². The number of benzene rings is 2. The van der Waals surface area contributed by atoms with Crippen LogP contribution in [0.4, 0.5) is 21.2 Å². The summed E-state index contributed by atoms with van der Waals surface area (Å²) in [5.74, 6) is -4.98. The SMILES string of the molecule is O=C(O)CN(CCn1sc(=O)n(CCN(CC(=O)O)C(=O)Cn2ccc(NC(=O)OCc3ccccc3)nc2=O)c1=O)C(=O)Cn1ccc(NC(=O)OCc2ccccc2)nc1=O. The molecule has 0 unspecified atom stereocenters. The van der Waals surface area contributed by atoms with Crippen LogP contribution >= 0.6 is 11.5 Å². The Kier molecular flexibility index (Phi) is 15.9. The summed E-state index contributed by atoms with van der Waals surface area (Å²) in [4.78, 5) is 134. The van der Waals surface area contributed by atoms with Crippen molar-refractivity contribution in [1.29, 1.82) is 0 Å². The van der Waals surface area contributed by atoms with Crippen molar-refractivity contribution in [1.82, 2.24) is 37.4 Å². The molecule has 0 fully saturated rings. The number of amides is 4. The van der Waals surface area contributed by atoms with E-state index in [0.717, 1.165) is 46.4 Å². The number of carbonyl (C=O) groups is 6. The minimum Gasteiger partial charge on any atom is -0.480 e. The second-order valence-corrected chi connectivity index (χ2v) is 14.1. The van der Waals surface area contributed by atoms with Crippen molar-refractivity contribution in [3.05, 3.63) is 137 Å². The van der Waals surface area contributed by atoms with E-state index >= 15 is 0 Å². The van der Waals surface area contributed by atoms with Crippen LogP contribution in [0, 0.1) is 0 Å². The van der Waals surface area contributed by atoms with Crippen LogP contribution < -0.4 is 32.6 Å². The number of carboxylic acids is 2. The third-order valence-electron chi connectivity index (χ3n) is 8.62. The van der Waals surface area contributed by atoms with Gasteiger partial charge in [0.05, 0.1) is 6.54 Å². The van der Waals surface area contributed by atoms with Crippen LogP contribution in [0.1, 0.15) is 11.1 Å². The molecule has 63 heavy (non-hydrogen) atoms. The van der Waals surface area contributed by atoms with Gasteiger partial charge >= 0.3 is 46.1 Å². The van der Waals surface area contributed by atoms with Gasteiger partial charge in [0.1, 0.15) is 51.0 Å². The molecule has 3 heterocycles. The van der Waals surface area contributed by atoms with Crippen molar-refractivity contribution in [2.45, 2.75) is 39.4 Å². The maximum Gasteiger partial charge on any atom is 0.413 e. The molecular formula is C38H38N10O14S. The van der Waals surface area contributed by atoms with E-state index in [9.17, 15) is 58.2 Å². The summed E-state index contributed by atoms with van der Waals surface area (Å²) in [6.07, 6.45) is 0.488. The lowest BCUT2D eigenvalue weighted by Gasteiger charge is -2.21. The summed E-state index contributed by atoms with van der Waals surface area (Å²) in [5.41, 5.74) is -1.41. The third kappa shape index (κ3) is 13.9. The Bertz CT molecular complexity index is 2700. The molecular weight excluding hydrogens is 853 g/mol. The highest BCUT2D eigenvalue weighted by Crippen LogP contribution is 2.07. The van der Waals surface area contributed by atoms with Crippen LogP contribution in [-0.2, 0) is 68.0 Å². The van der Waals surface area contributed by atoms with Gasteiger partial charge in [0.15, 0.2) is 0 Å². The molecule has 0 spiro atoms. The first-order valence-corrected chi connectivity index (χ1v) is 19.3. The predicted molar refractivity (Wildman–Crippen MR) is 219 cm³/mol. The van der Waals surface area contributed by atoms with Gasteiger partial charge in [-0.15, -0.1) is 0 Å². The number of anilines is 2. The summed E-state index contributed by atoms with van der Waals surface area (Å²) in [6, 6.07) is 20.0. The molecule has 0 atom stereocenters. The smallest absolute Gasteiger partial charge is 0.413 e. The molecule has 25 heteroatoms. The number of ether oxygens (including phenoxy) is 2. The summed E-state index contributed by atoms with van der Waals surface area (Å²) in [5, 5.41) is 23.5. The number of carboxylic acid groups (broad SMARTS) is 2. The normalized spacial score (nSPS) is 10.7. The number of carbonyl (C=O) groups excluding carboxylic acids is 4. The summed E-state index contributed by atoms with van der Waals surface area (Å²) >= 11 is 0.418. The van der Waals surface area contributed by atoms with Gasteiger partial charge in [-0.3, -0.25) is 43.7 Å². The van der Waals surface area contributed by atoms with Crippen LogP contribution in [0.15, 0.2) is 104 Å². The van der Waals surface area contributed by atoms with Crippen molar-refractivity contribution >= 4 is 59.1 Å². The second kappa shape index (κ2) is 21.9. The summed E-state index contributed by atoms with van der Waals surface area (Å²) in [7, 11) is 0. The lowest BCUT2D eigenvalue weighted by Crippen LogP contribution is -2.44. The largest absolute Gasteiger partial charge is 0.480 e. The molecule has 5 aromatic rings. The highest BCUT2D eigenvalue weighted by Gasteiger charge is 2.22. The van der Waals surface area contributed by atoms with Gasteiger partial charge in [-0.1, -0.05) is 60.7 Å². The fourth-order valence-electron chi connectivity index (χ4n) is 5.52. The molecule has 5 rings (SSSR count). The molecule has 3 aromatic heterocycles. The van der Waals surface area contributed by atoms with Gasteiger partial charge < -0.3 is 29.5 Å². The number of aromatic nitrogens is 6. The quantitative estimate of drug-likeness (QED) is 0.0794. The molecule has 4 N–H and O–H groups in total. The highest BCUT2D eigenvalue weighted by molar-refractivity contribution is 7.03. The lowest BCUT2D eigenvalue weighted by atomic mass is 10.2. The van der Waals surface area contributed by atoms with Gasteiger partial charge in [0.2, 0.25) is 11.8 Å². The number of hydrogen-bond acceptors (Lipinski definition) is 15. The molecule has 330 valence electrons. The van der Waals surface area contributed by atoms with E-state index in [1.165, 1.54) is 12.1 Å². The van der Waals surface area contributed by atoms with Gasteiger partial charge in [-0.05, 0) is 23.3 Å². The summed E-state index contributed by atoms with van der Waals surface area (Å²) < 4.78 is 13.5. The third-order valence-corrected chi connectivity index (χ3v) is 9.56. The van der Waals surface area contributed by atoms with E-state index in [4.69, 9.17) is 9.47 Å². The van der Waals surface area contributed by atoms with Gasteiger partial charge in [-0.2, -0.15) is 9.97 Å². The van der Waals surface area contributed by atoms with Crippen molar-refractivity contribution in [2.75, 3.05) is 36.8 Å². The van der Waals surface area contributed by atoms with E-state index < -0.39 is 104 Å². The standard InChI is InChI=1S/C38H38N10O14S/c49-29(19-45-13-11-27(39-33(45)55)41-35(57)61-23-25-7-3-1-4-8-25)43(21-31(51)52)15-17-47-37(59)48(63-38(47)60)18-16-44(22-32(53)54)30(50)20-46-14-12-28(40-34(46)56)42-36(58)62-24-26-9-5-2-6-10-26/h1-14H,15-24H2,(H,51,52)(H,53,54)(H,39,41,55,57)(H,40,42,56,58). The molecule has 0 aliphatic heterocycles. The average Bonchev–Trinajstić information content (AvgIpc) is 3.52. The maximum absolute atomic E-state index is 13.2. The minimum atomic E-state index is -1.44. The van der Waals surface area contributed by atoms with Crippen LogP contribution in [0.5, 0.6) is 0 Å². The molecule has 0 aliphatic rings. The molecule has 0 saturated carbocycles. The molecule has 0 bridgehead atoms. The molecule has 24 nitrogen and oxygen atoms in total. The first-order chi connectivity index (χ1) is 30.1. The number of nitrogens with one attached hydrogen (secondary N) is 2. The van der Waals surface area contributed by atoms with E-state index in [1.807, 2.05) is 0 Å². The molecule has 4 amide bonds. The maximum atomic E-state index is 13.2. The Morgan fingerprint density at radius 2 is 1.05 bits per heavy atom. The molecule has 0 aliphatic carbocycles. The molecule has 0 saturated heterocycles. The zero-order chi connectivity index (χ0) is 45.5. The number of hydrogen-bond donors (Lipinski definition) is 4. The average molecular weight is 891 g/mol. The first-order valence-electron chi connectivity index (χ1n) is 18.6. The van der Waals surface area contributed by atoms with Crippen molar-refractivity contribution in [3.8, 4) is 0 Å². The van der Waals surface area contributed by atoms with Crippen LogP contribution in [0.25, 0.3) is 0 Å².